The first-order valence-corrected chi connectivity index (χ1v) is 6.19. The van der Waals surface area contributed by atoms with E-state index in [1.807, 2.05) is 5.01 Å². The van der Waals surface area contributed by atoms with Crippen molar-refractivity contribution in [3.05, 3.63) is 29.6 Å². The summed E-state index contributed by atoms with van der Waals surface area (Å²) in [5.74, 6) is -0.599. The first kappa shape index (κ1) is 11.2. The number of rotatable bonds is 1. The van der Waals surface area contributed by atoms with Crippen molar-refractivity contribution in [1.29, 1.82) is 0 Å². The molecule has 1 saturated heterocycles. The molecule has 0 saturated carbocycles. The number of hydrogen-bond acceptors (Lipinski definition) is 3. The molecule has 1 fully saturated rings. The standard InChI is InChI=1S/C13H14FN3O/c14-9-4-5-11-10(8-9)12(13(18)15-11)16-17-6-2-1-3-7-17/h4-5,8H,1-3,6-7H2,(H,15,16,18). The lowest BCUT2D eigenvalue weighted by Gasteiger charge is -2.23. The number of benzene rings is 1. The van der Waals surface area contributed by atoms with Crippen LogP contribution in [0.4, 0.5) is 10.1 Å². The number of anilines is 1. The minimum absolute atomic E-state index is 0.249. The number of piperidine rings is 1. The van der Waals surface area contributed by atoms with Crippen molar-refractivity contribution in [1.82, 2.24) is 5.01 Å². The fraction of sp³-hybridized carbons (Fsp3) is 0.385. The van der Waals surface area contributed by atoms with Crippen molar-refractivity contribution in [3.63, 3.8) is 0 Å². The van der Waals surface area contributed by atoms with E-state index in [2.05, 4.69) is 10.4 Å². The molecule has 0 spiro atoms. The number of amides is 1. The molecule has 94 valence electrons. The van der Waals surface area contributed by atoms with Crippen molar-refractivity contribution in [2.45, 2.75) is 19.3 Å². The summed E-state index contributed by atoms with van der Waals surface area (Å²) in [5.41, 5.74) is 1.52. The average molecular weight is 247 g/mol. The Kier molecular flexibility index (Phi) is 2.74. The second-order valence-corrected chi connectivity index (χ2v) is 4.61. The van der Waals surface area contributed by atoms with E-state index < -0.39 is 0 Å². The highest BCUT2D eigenvalue weighted by Crippen LogP contribution is 2.25. The van der Waals surface area contributed by atoms with Crippen LogP contribution in [0.1, 0.15) is 24.8 Å². The number of carbonyl (C=O) groups excluding carboxylic acids is 1. The van der Waals surface area contributed by atoms with Crippen LogP contribution >= 0.6 is 0 Å². The van der Waals surface area contributed by atoms with Gasteiger partial charge in [0, 0.05) is 18.7 Å². The number of nitrogens with zero attached hydrogens (tertiary/aromatic N) is 2. The first-order valence-electron chi connectivity index (χ1n) is 6.19. The van der Waals surface area contributed by atoms with Crippen LogP contribution in [0, 0.1) is 5.82 Å². The molecule has 4 nitrogen and oxygen atoms in total. The van der Waals surface area contributed by atoms with Gasteiger partial charge in [-0.15, -0.1) is 0 Å². The monoisotopic (exact) mass is 247 g/mol. The van der Waals surface area contributed by atoms with E-state index in [9.17, 15) is 9.18 Å². The van der Waals surface area contributed by atoms with Crippen LogP contribution in [-0.2, 0) is 4.79 Å². The third kappa shape index (κ3) is 1.96. The number of halogens is 1. The summed E-state index contributed by atoms with van der Waals surface area (Å²) >= 11 is 0. The van der Waals surface area contributed by atoms with Gasteiger partial charge in [-0.05, 0) is 37.5 Å². The van der Waals surface area contributed by atoms with Gasteiger partial charge >= 0.3 is 0 Å². The van der Waals surface area contributed by atoms with Crippen LogP contribution in [0.3, 0.4) is 0 Å². The topological polar surface area (TPSA) is 44.7 Å². The molecule has 1 amide bonds. The number of nitrogens with one attached hydrogen (secondary N) is 1. The molecule has 0 atom stereocenters. The van der Waals surface area contributed by atoms with E-state index in [4.69, 9.17) is 0 Å². The Morgan fingerprint density at radius 1 is 1.22 bits per heavy atom. The fourth-order valence-electron chi connectivity index (χ4n) is 2.34. The lowest BCUT2D eigenvalue weighted by Crippen LogP contribution is -2.28. The highest BCUT2D eigenvalue weighted by atomic mass is 19.1. The number of carbonyl (C=O) groups is 1. The Bertz CT molecular complexity index is 521. The molecule has 1 aromatic rings. The van der Waals surface area contributed by atoms with Crippen molar-refractivity contribution < 1.29 is 9.18 Å². The van der Waals surface area contributed by atoms with E-state index in [0.717, 1.165) is 25.9 Å². The molecule has 0 bridgehead atoms. The second kappa shape index (κ2) is 4.40. The van der Waals surface area contributed by atoms with Gasteiger partial charge in [0.2, 0.25) is 0 Å². The largest absolute Gasteiger partial charge is 0.320 e. The maximum Gasteiger partial charge on any atom is 0.276 e. The van der Waals surface area contributed by atoms with E-state index >= 15 is 0 Å². The van der Waals surface area contributed by atoms with Gasteiger partial charge in [0.05, 0.1) is 5.69 Å². The molecule has 0 aromatic heterocycles. The number of fused-ring (bicyclic) bond motifs is 1. The van der Waals surface area contributed by atoms with Gasteiger partial charge in [-0.1, -0.05) is 0 Å². The molecular formula is C13H14FN3O. The van der Waals surface area contributed by atoms with Crippen LogP contribution in [-0.4, -0.2) is 29.7 Å². The molecule has 2 aliphatic rings. The average Bonchev–Trinajstić information content (AvgIpc) is 2.67. The van der Waals surface area contributed by atoms with Crippen LogP contribution < -0.4 is 5.32 Å². The minimum Gasteiger partial charge on any atom is -0.320 e. The van der Waals surface area contributed by atoms with Gasteiger partial charge < -0.3 is 5.32 Å². The number of hydrogen-bond donors (Lipinski definition) is 1. The normalized spacial score (nSPS) is 21.1. The zero-order valence-electron chi connectivity index (χ0n) is 9.95. The Morgan fingerprint density at radius 3 is 2.78 bits per heavy atom. The molecule has 2 aliphatic heterocycles. The summed E-state index contributed by atoms with van der Waals surface area (Å²) in [7, 11) is 0. The van der Waals surface area contributed by atoms with Gasteiger partial charge in [0.15, 0.2) is 5.71 Å². The third-order valence-electron chi connectivity index (χ3n) is 3.27. The van der Waals surface area contributed by atoms with Gasteiger partial charge in [0.25, 0.3) is 5.91 Å². The van der Waals surface area contributed by atoms with Gasteiger partial charge in [-0.3, -0.25) is 9.80 Å². The second-order valence-electron chi connectivity index (χ2n) is 4.61. The quantitative estimate of drug-likeness (QED) is 0.824. The van der Waals surface area contributed by atoms with Crippen LogP contribution in [0.2, 0.25) is 0 Å². The summed E-state index contributed by atoms with van der Waals surface area (Å²) in [6.07, 6.45) is 3.39. The number of hydrazone groups is 1. The van der Waals surface area contributed by atoms with Gasteiger partial charge in [0.1, 0.15) is 5.82 Å². The molecule has 1 N–H and O–H groups in total. The highest BCUT2D eigenvalue weighted by molar-refractivity contribution is 6.53. The molecule has 3 rings (SSSR count). The third-order valence-corrected chi connectivity index (χ3v) is 3.27. The fourth-order valence-corrected chi connectivity index (χ4v) is 2.34. The molecule has 0 unspecified atom stereocenters. The van der Waals surface area contributed by atoms with Gasteiger partial charge in [-0.2, -0.15) is 5.10 Å². The first-order chi connectivity index (χ1) is 8.74. The van der Waals surface area contributed by atoms with E-state index in [-0.39, 0.29) is 11.7 Å². The summed E-state index contributed by atoms with van der Waals surface area (Å²) < 4.78 is 13.2. The van der Waals surface area contributed by atoms with Crippen molar-refractivity contribution >= 4 is 17.3 Å². The van der Waals surface area contributed by atoms with Crippen molar-refractivity contribution in [3.8, 4) is 0 Å². The predicted molar refractivity (Wildman–Crippen MR) is 67.0 cm³/mol. The summed E-state index contributed by atoms with van der Waals surface area (Å²) in [5, 5.41) is 8.97. The van der Waals surface area contributed by atoms with Crippen LogP contribution in [0.15, 0.2) is 23.3 Å². The van der Waals surface area contributed by atoms with Crippen molar-refractivity contribution in [2.24, 2.45) is 5.10 Å². The molecule has 0 aliphatic carbocycles. The summed E-state index contributed by atoms with van der Waals surface area (Å²) in [4.78, 5) is 11.8. The van der Waals surface area contributed by atoms with Crippen LogP contribution in [0.25, 0.3) is 0 Å². The zero-order valence-corrected chi connectivity index (χ0v) is 9.95. The maximum atomic E-state index is 13.2. The highest BCUT2D eigenvalue weighted by Gasteiger charge is 2.27. The summed E-state index contributed by atoms with van der Waals surface area (Å²) in [6.45, 7) is 1.73. The van der Waals surface area contributed by atoms with Crippen molar-refractivity contribution in [2.75, 3.05) is 18.4 Å². The van der Waals surface area contributed by atoms with E-state index in [1.165, 1.54) is 18.6 Å². The molecule has 5 heteroatoms. The molecule has 0 radical (unpaired) electrons. The zero-order chi connectivity index (χ0) is 12.5. The molecule has 2 heterocycles. The maximum absolute atomic E-state index is 13.2. The predicted octanol–water partition coefficient (Wildman–Crippen LogP) is 1.97. The van der Waals surface area contributed by atoms with Gasteiger partial charge in [-0.25, -0.2) is 4.39 Å². The lowest BCUT2D eigenvalue weighted by atomic mass is 10.1. The molecule has 1 aromatic carbocycles. The van der Waals surface area contributed by atoms with Crippen LogP contribution in [0.5, 0.6) is 0 Å². The Balaban J connectivity index is 1.95. The molecule has 18 heavy (non-hydrogen) atoms. The SMILES string of the molecule is O=C1Nc2ccc(F)cc2C1=NN1CCCCC1. The van der Waals surface area contributed by atoms with E-state index in [0.29, 0.717) is 17.0 Å². The van der Waals surface area contributed by atoms with E-state index in [1.54, 1.807) is 6.07 Å². The Hall–Kier alpha value is -1.91. The Labute approximate surface area is 104 Å². The Morgan fingerprint density at radius 2 is 2.00 bits per heavy atom. The lowest BCUT2D eigenvalue weighted by molar-refractivity contribution is -0.110. The summed E-state index contributed by atoms with van der Waals surface area (Å²) in [6, 6.07) is 4.26. The molecular weight excluding hydrogens is 233 g/mol. The smallest absolute Gasteiger partial charge is 0.276 e. The minimum atomic E-state index is -0.350.